The maximum atomic E-state index is 9.44. The molecule has 0 aromatic carbocycles. The lowest BCUT2D eigenvalue weighted by molar-refractivity contribution is 0.0538. The van der Waals surface area contributed by atoms with Crippen molar-refractivity contribution >= 4 is 0 Å². The van der Waals surface area contributed by atoms with E-state index in [-0.39, 0.29) is 12.1 Å². The molecule has 0 radical (unpaired) electrons. The van der Waals surface area contributed by atoms with Gasteiger partial charge in [0.15, 0.2) is 0 Å². The molecular weight excluding hydrogens is 150 g/mol. The molecule has 3 atom stereocenters. The molecule has 2 heteroatoms. The molecule has 0 amide bonds. The van der Waals surface area contributed by atoms with Crippen molar-refractivity contribution in [2.75, 3.05) is 0 Å². The smallest absolute Gasteiger partial charge is 0.0691 e. The van der Waals surface area contributed by atoms with Crippen molar-refractivity contribution in [2.45, 2.75) is 52.2 Å². The molecule has 72 valence electrons. The highest BCUT2D eigenvalue weighted by molar-refractivity contribution is 4.87. The minimum absolute atomic E-state index is 0.00275. The van der Waals surface area contributed by atoms with Gasteiger partial charge in [-0.25, -0.2) is 0 Å². The fourth-order valence-corrected chi connectivity index (χ4v) is 1.98. The molecule has 0 aromatic heterocycles. The Morgan fingerprint density at radius 3 is 2.25 bits per heavy atom. The molecule has 0 bridgehead atoms. The first kappa shape index (κ1) is 10.0. The van der Waals surface area contributed by atoms with Crippen molar-refractivity contribution in [3.05, 3.63) is 0 Å². The van der Waals surface area contributed by atoms with E-state index in [2.05, 4.69) is 20.8 Å². The van der Waals surface area contributed by atoms with E-state index in [0.717, 1.165) is 19.3 Å². The third-order valence-corrected chi connectivity index (χ3v) is 3.09. The Hall–Kier alpha value is -0.0800. The topological polar surface area (TPSA) is 46.2 Å². The highest BCUT2D eigenvalue weighted by Crippen LogP contribution is 2.37. The third-order valence-electron chi connectivity index (χ3n) is 3.09. The van der Waals surface area contributed by atoms with E-state index >= 15 is 0 Å². The van der Waals surface area contributed by atoms with Gasteiger partial charge in [-0.15, -0.1) is 0 Å². The molecule has 0 aliphatic heterocycles. The van der Waals surface area contributed by atoms with Crippen LogP contribution in [0.1, 0.15) is 40.0 Å². The van der Waals surface area contributed by atoms with E-state index in [4.69, 9.17) is 5.73 Å². The van der Waals surface area contributed by atoms with Gasteiger partial charge in [0.25, 0.3) is 0 Å². The molecule has 0 saturated heterocycles. The summed E-state index contributed by atoms with van der Waals surface area (Å²) in [4.78, 5) is 0. The molecule has 0 heterocycles. The van der Waals surface area contributed by atoms with Gasteiger partial charge >= 0.3 is 0 Å². The first-order chi connectivity index (χ1) is 5.41. The molecule has 0 aromatic rings. The van der Waals surface area contributed by atoms with Crippen LogP contribution >= 0.6 is 0 Å². The van der Waals surface area contributed by atoms with Gasteiger partial charge in [-0.1, -0.05) is 20.8 Å². The third kappa shape index (κ3) is 2.20. The van der Waals surface area contributed by atoms with E-state index in [0.29, 0.717) is 11.3 Å². The highest BCUT2D eigenvalue weighted by Gasteiger charge is 2.33. The Kier molecular flexibility index (Phi) is 2.79. The zero-order valence-electron chi connectivity index (χ0n) is 8.38. The van der Waals surface area contributed by atoms with Crippen molar-refractivity contribution in [2.24, 2.45) is 17.1 Å². The number of hydrogen-bond donors (Lipinski definition) is 2. The maximum absolute atomic E-state index is 9.44. The van der Waals surface area contributed by atoms with Crippen LogP contribution in [0.3, 0.4) is 0 Å². The molecule has 0 spiro atoms. The van der Waals surface area contributed by atoms with Crippen LogP contribution in [0.4, 0.5) is 0 Å². The van der Waals surface area contributed by atoms with Crippen molar-refractivity contribution in [1.82, 2.24) is 0 Å². The van der Waals surface area contributed by atoms with E-state index in [9.17, 15) is 5.11 Å². The van der Waals surface area contributed by atoms with E-state index < -0.39 is 0 Å². The standard InChI is InChI=1S/C10H21NO/c1-10(2,3)7-4-5-9(12)8(11)6-7/h7-9,12H,4-6,11H2,1-3H3/t7-,8+,9+/m1/s1. The van der Waals surface area contributed by atoms with Gasteiger partial charge in [0.05, 0.1) is 6.10 Å². The second-order valence-corrected chi connectivity index (χ2v) is 5.11. The zero-order chi connectivity index (χ0) is 9.35. The predicted octanol–water partition coefficient (Wildman–Crippen LogP) is 1.52. The number of rotatable bonds is 0. The quantitative estimate of drug-likeness (QED) is 0.580. The molecule has 1 aliphatic rings. The normalized spacial score (nSPS) is 38.2. The lowest BCUT2D eigenvalue weighted by atomic mass is 9.70. The molecule has 2 nitrogen and oxygen atoms in total. The van der Waals surface area contributed by atoms with Gasteiger partial charge in [-0.05, 0) is 30.6 Å². The fourth-order valence-electron chi connectivity index (χ4n) is 1.98. The van der Waals surface area contributed by atoms with E-state index in [1.54, 1.807) is 0 Å². The summed E-state index contributed by atoms with van der Waals surface area (Å²) in [7, 11) is 0. The average molecular weight is 171 g/mol. The van der Waals surface area contributed by atoms with Gasteiger partial charge < -0.3 is 10.8 Å². The zero-order valence-corrected chi connectivity index (χ0v) is 8.38. The molecule has 3 N–H and O–H groups in total. The summed E-state index contributed by atoms with van der Waals surface area (Å²) in [5, 5.41) is 9.44. The molecule has 1 rings (SSSR count). The molecular formula is C10H21NO. The molecule has 1 aliphatic carbocycles. The predicted molar refractivity (Wildman–Crippen MR) is 50.8 cm³/mol. The lowest BCUT2D eigenvalue weighted by Crippen LogP contribution is -2.43. The number of nitrogens with two attached hydrogens (primary N) is 1. The fraction of sp³-hybridized carbons (Fsp3) is 1.00. The molecule has 1 saturated carbocycles. The lowest BCUT2D eigenvalue weighted by Gasteiger charge is -2.38. The Morgan fingerprint density at radius 2 is 1.83 bits per heavy atom. The minimum atomic E-state index is -0.261. The van der Waals surface area contributed by atoms with Crippen LogP contribution in [0.5, 0.6) is 0 Å². The number of hydrogen-bond acceptors (Lipinski definition) is 2. The van der Waals surface area contributed by atoms with Crippen molar-refractivity contribution in [3.63, 3.8) is 0 Å². The first-order valence-corrected chi connectivity index (χ1v) is 4.85. The second-order valence-electron chi connectivity index (χ2n) is 5.11. The summed E-state index contributed by atoms with van der Waals surface area (Å²) in [6, 6.07) is 0.00275. The summed E-state index contributed by atoms with van der Waals surface area (Å²) in [5.41, 5.74) is 6.16. The average Bonchev–Trinajstić information content (AvgIpc) is 1.92. The highest BCUT2D eigenvalue weighted by atomic mass is 16.3. The summed E-state index contributed by atoms with van der Waals surface area (Å²) < 4.78 is 0. The van der Waals surface area contributed by atoms with Crippen molar-refractivity contribution < 1.29 is 5.11 Å². The summed E-state index contributed by atoms with van der Waals surface area (Å²) >= 11 is 0. The van der Waals surface area contributed by atoms with Gasteiger partial charge in [-0.2, -0.15) is 0 Å². The number of aliphatic hydroxyl groups excluding tert-OH is 1. The molecule has 0 unspecified atom stereocenters. The van der Waals surface area contributed by atoms with Crippen molar-refractivity contribution in [1.29, 1.82) is 0 Å². The Bertz CT molecular complexity index is 150. The van der Waals surface area contributed by atoms with Crippen LogP contribution < -0.4 is 5.73 Å². The van der Waals surface area contributed by atoms with Crippen LogP contribution in [0, 0.1) is 11.3 Å². The minimum Gasteiger partial charge on any atom is -0.392 e. The van der Waals surface area contributed by atoms with Gasteiger partial charge in [0.2, 0.25) is 0 Å². The van der Waals surface area contributed by atoms with E-state index in [1.807, 2.05) is 0 Å². The van der Waals surface area contributed by atoms with Gasteiger partial charge in [0.1, 0.15) is 0 Å². The monoisotopic (exact) mass is 171 g/mol. The SMILES string of the molecule is CC(C)(C)[C@@H]1CC[C@H](O)[C@@H](N)C1. The van der Waals surface area contributed by atoms with Crippen LogP contribution in [0.15, 0.2) is 0 Å². The largest absolute Gasteiger partial charge is 0.392 e. The van der Waals surface area contributed by atoms with Crippen LogP contribution in [-0.2, 0) is 0 Å². The second kappa shape index (κ2) is 3.35. The maximum Gasteiger partial charge on any atom is 0.0691 e. The van der Waals surface area contributed by atoms with Gasteiger partial charge in [-0.3, -0.25) is 0 Å². The summed E-state index contributed by atoms with van der Waals surface area (Å²) in [6.45, 7) is 6.76. The Labute approximate surface area is 75.2 Å². The van der Waals surface area contributed by atoms with Crippen LogP contribution in [0.25, 0.3) is 0 Å². The summed E-state index contributed by atoms with van der Waals surface area (Å²) in [6.07, 6.45) is 2.72. The van der Waals surface area contributed by atoms with Crippen LogP contribution in [-0.4, -0.2) is 17.3 Å². The van der Waals surface area contributed by atoms with Crippen LogP contribution in [0.2, 0.25) is 0 Å². The molecule has 1 fully saturated rings. The van der Waals surface area contributed by atoms with E-state index in [1.165, 1.54) is 0 Å². The Balaban J connectivity index is 2.51. The number of aliphatic hydroxyl groups is 1. The van der Waals surface area contributed by atoms with Gasteiger partial charge in [0, 0.05) is 6.04 Å². The first-order valence-electron chi connectivity index (χ1n) is 4.85. The Morgan fingerprint density at radius 1 is 1.25 bits per heavy atom. The molecule has 12 heavy (non-hydrogen) atoms. The summed E-state index contributed by atoms with van der Waals surface area (Å²) in [5.74, 6) is 0.677. The van der Waals surface area contributed by atoms with Crippen molar-refractivity contribution in [3.8, 4) is 0 Å².